The van der Waals surface area contributed by atoms with Crippen molar-refractivity contribution in [1.82, 2.24) is 4.90 Å². The Morgan fingerprint density at radius 2 is 2.09 bits per heavy atom. The minimum Gasteiger partial charge on any atom is -0.306 e. The molecule has 0 saturated carbocycles. The monoisotopic (exact) mass is 153 g/mol. The fourth-order valence-electron chi connectivity index (χ4n) is 1.68. The van der Waals surface area contributed by atoms with Gasteiger partial charge in [0, 0.05) is 6.04 Å². The van der Waals surface area contributed by atoms with Crippen LogP contribution in [-0.2, 0) is 0 Å². The molecule has 0 N–H and O–H groups in total. The van der Waals surface area contributed by atoms with Gasteiger partial charge in [-0.3, -0.25) is 0 Å². The first kappa shape index (κ1) is 8.79. The second-order valence-electron chi connectivity index (χ2n) is 3.78. The summed E-state index contributed by atoms with van der Waals surface area (Å²) in [4.78, 5) is 2.35. The van der Waals surface area contributed by atoms with Crippen LogP contribution in [0.1, 0.15) is 32.6 Å². The summed E-state index contributed by atoms with van der Waals surface area (Å²) in [7, 11) is 4.37. The first-order valence-electron chi connectivity index (χ1n) is 4.52. The highest BCUT2D eigenvalue weighted by atomic mass is 15.1. The van der Waals surface area contributed by atoms with Gasteiger partial charge in [0.25, 0.3) is 0 Å². The molecule has 0 amide bonds. The molecular formula is C10H19N. The summed E-state index contributed by atoms with van der Waals surface area (Å²) in [5.74, 6) is 0. The number of rotatable bonds is 1. The molecule has 0 aliphatic heterocycles. The minimum absolute atomic E-state index is 0.809. The van der Waals surface area contributed by atoms with E-state index in [1.54, 1.807) is 5.57 Å². The largest absolute Gasteiger partial charge is 0.306 e. The van der Waals surface area contributed by atoms with Crippen LogP contribution in [-0.4, -0.2) is 25.0 Å². The van der Waals surface area contributed by atoms with Crippen molar-refractivity contribution in [1.29, 1.82) is 0 Å². The SMILES string of the molecule is CC1=CCCC(N(C)C)CC1. The fourth-order valence-corrected chi connectivity index (χ4v) is 1.68. The molecule has 0 saturated heterocycles. The Morgan fingerprint density at radius 1 is 1.36 bits per heavy atom. The van der Waals surface area contributed by atoms with Crippen molar-refractivity contribution in [2.24, 2.45) is 0 Å². The molecule has 0 aromatic carbocycles. The van der Waals surface area contributed by atoms with E-state index in [4.69, 9.17) is 0 Å². The van der Waals surface area contributed by atoms with Crippen LogP contribution in [0.3, 0.4) is 0 Å². The average molecular weight is 153 g/mol. The Kier molecular flexibility index (Phi) is 3.13. The zero-order chi connectivity index (χ0) is 8.27. The first-order chi connectivity index (χ1) is 5.20. The molecule has 1 nitrogen and oxygen atoms in total. The van der Waals surface area contributed by atoms with E-state index in [0.717, 1.165) is 6.04 Å². The molecule has 0 bridgehead atoms. The molecule has 64 valence electrons. The molecule has 1 rings (SSSR count). The maximum absolute atomic E-state index is 2.39. The lowest BCUT2D eigenvalue weighted by atomic mass is 10.1. The Labute approximate surface area is 70.1 Å². The van der Waals surface area contributed by atoms with Gasteiger partial charge in [-0.15, -0.1) is 0 Å². The van der Waals surface area contributed by atoms with Gasteiger partial charge in [0.15, 0.2) is 0 Å². The highest BCUT2D eigenvalue weighted by molar-refractivity contribution is 5.01. The highest BCUT2D eigenvalue weighted by Gasteiger charge is 2.12. The van der Waals surface area contributed by atoms with Gasteiger partial charge in [-0.1, -0.05) is 11.6 Å². The van der Waals surface area contributed by atoms with Crippen LogP contribution in [0.15, 0.2) is 11.6 Å². The van der Waals surface area contributed by atoms with E-state index in [1.165, 1.54) is 25.7 Å². The minimum atomic E-state index is 0.809. The quantitative estimate of drug-likeness (QED) is 0.523. The molecule has 0 heterocycles. The summed E-state index contributed by atoms with van der Waals surface area (Å²) < 4.78 is 0. The number of allylic oxidation sites excluding steroid dienone is 2. The molecule has 1 aliphatic carbocycles. The van der Waals surface area contributed by atoms with Gasteiger partial charge in [-0.05, 0) is 46.7 Å². The molecule has 0 radical (unpaired) electrons. The van der Waals surface area contributed by atoms with Gasteiger partial charge in [-0.2, -0.15) is 0 Å². The standard InChI is InChI=1S/C10H19N/c1-9-5-4-6-10(8-7-9)11(2)3/h5,10H,4,6-8H2,1-3H3. The predicted octanol–water partition coefficient (Wildman–Crippen LogP) is 2.44. The van der Waals surface area contributed by atoms with Crippen LogP contribution in [0.2, 0.25) is 0 Å². The Hall–Kier alpha value is -0.300. The molecule has 1 aliphatic rings. The number of hydrogen-bond donors (Lipinski definition) is 0. The lowest BCUT2D eigenvalue weighted by Gasteiger charge is -2.22. The van der Waals surface area contributed by atoms with Gasteiger partial charge in [-0.25, -0.2) is 0 Å². The van der Waals surface area contributed by atoms with Crippen molar-refractivity contribution in [2.45, 2.75) is 38.6 Å². The van der Waals surface area contributed by atoms with E-state index >= 15 is 0 Å². The number of nitrogens with zero attached hydrogens (tertiary/aromatic N) is 1. The summed E-state index contributed by atoms with van der Waals surface area (Å²) in [5, 5.41) is 0. The third-order valence-corrected chi connectivity index (χ3v) is 2.59. The topological polar surface area (TPSA) is 3.24 Å². The molecule has 0 aromatic heterocycles. The van der Waals surface area contributed by atoms with Gasteiger partial charge in [0.2, 0.25) is 0 Å². The van der Waals surface area contributed by atoms with Gasteiger partial charge >= 0.3 is 0 Å². The van der Waals surface area contributed by atoms with Crippen LogP contribution in [0.5, 0.6) is 0 Å². The molecule has 1 atom stereocenters. The molecule has 1 heteroatoms. The average Bonchev–Trinajstić information content (AvgIpc) is 2.13. The normalized spacial score (nSPS) is 26.5. The summed E-state index contributed by atoms with van der Waals surface area (Å²) >= 11 is 0. The second kappa shape index (κ2) is 3.91. The van der Waals surface area contributed by atoms with Gasteiger partial charge < -0.3 is 4.90 Å². The van der Waals surface area contributed by atoms with Crippen LogP contribution >= 0.6 is 0 Å². The fraction of sp³-hybridized carbons (Fsp3) is 0.800. The van der Waals surface area contributed by atoms with Gasteiger partial charge in [0.05, 0.1) is 0 Å². The summed E-state index contributed by atoms with van der Waals surface area (Å²) in [5.41, 5.74) is 1.58. The predicted molar refractivity (Wildman–Crippen MR) is 49.7 cm³/mol. The zero-order valence-electron chi connectivity index (χ0n) is 7.93. The second-order valence-corrected chi connectivity index (χ2v) is 3.78. The summed E-state index contributed by atoms with van der Waals surface area (Å²) in [6.45, 7) is 2.25. The van der Waals surface area contributed by atoms with Crippen molar-refractivity contribution >= 4 is 0 Å². The Balaban J connectivity index is 2.41. The Morgan fingerprint density at radius 3 is 2.73 bits per heavy atom. The Bertz CT molecular complexity index is 147. The summed E-state index contributed by atoms with van der Waals surface area (Å²) in [6.07, 6.45) is 7.64. The smallest absolute Gasteiger partial charge is 0.00951 e. The molecule has 1 unspecified atom stereocenters. The van der Waals surface area contributed by atoms with E-state index in [0.29, 0.717) is 0 Å². The third-order valence-electron chi connectivity index (χ3n) is 2.59. The van der Waals surface area contributed by atoms with Crippen molar-refractivity contribution < 1.29 is 0 Å². The van der Waals surface area contributed by atoms with Crippen LogP contribution in [0.25, 0.3) is 0 Å². The maximum Gasteiger partial charge on any atom is 0.00951 e. The van der Waals surface area contributed by atoms with Crippen molar-refractivity contribution in [3.05, 3.63) is 11.6 Å². The summed E-state index contributed by atoms with van der Waals surface area (Å²) in [6, 6.07) is 0.809. The van der Waals surface area contributed by atoms with E-state index in [9.17, 15) is 0 Å². The van der Waals surface area contributed by atoms with E-state index in [1.807, 2.05) is 0 Å². The van der Waals surface area contributed by atoms with Crippen molar-refractivity contribution in [2.75, 3.05) is 14.1 Å². The van der Waals surface area contributed by atoms with E-state index in [2.05, 4.69) is 32.0 Å². The van der Waals surface area contributed by atoms with Gasteiger partial charge in [0.1, 0.15) is 0 Å². The lowest BCUT2D eigenvalue weighted by Crippen LogP contribution is -2.27. The lowest BCUT2D eigenvalue weighted by molar-refractivity contribution is 0.269. The molecule has 11 heavy (non-hydrogen) atoms. The van der Waals surface area contributed by atoms with Crippen LogP contribution < -0.4 is 0 Å². The van der Waals surface area contributed by atoms with E-state index in [-0.39, 0.29) is 0 Å². The highest BCUT2D eigenvalue weighted by Crippen LogP contribution is 2.19. The maximum atomic E-state index is 2.39. The molecule has 0 fully saturated rings. The van der Waals surface area contributed by atoms with Crippen LogP contribution in [0, 0.1) is 0 Å². The third kappa shape index (κ3) is 2.66. The van der Waals surface area contributed by atoms with E-state index < -0.39 is 0 Å². The molecular weight excluding hydrogens is 134 g/mol. The first-order valence-corrected chi connectivity index (χ1v) is 4.52. The molecule has 0 spiro atoms. The molecule has 0 aromatic rings. The van der Waals surface area contributed by atoms with Crippen molar-refractivity contribution in [3.8, 4) is 0 Å². The zero-order valence-corrected chi connectivity index (χ0v) is 7.93. The van der Waals surface area contributed by atoms with Crippen LogP contribution in [0.4, 0.5) is 0 Å². The number of hydrogen-bond acceptors (Lipinski definition) is 1. The van der Waals surface area contributed by atoms with Crippen molar-refractivity contribution in [3.63, 3.8) is 0 Å².